The summed E-state index contributed by atoms with van der Waals surface area (Å²) >= 11 is 0. The van der Waals surface area contributed by atoms with Gasteiger partial charge in [0, 0.05) is 27.7 Å². The van der Waals surface area contributed by atoms with Crippen LogP contribution in [-0.4, -0.2) is 19.6 Å². The third-order valence-corrected chi connectivity index (χ3v) is 5.27. The van der Waals surface area contributed by atoms with Crippen LogP contribution in [0.5, 0.6) is 0 Å². The molecule has 0 saturated carbocycles. The Morgan fingerprint density at radius 1 is 1.05 bits per heavy atom. The number of rotatable bonds is 7. The molecule has 0 amide bonds. The Kier molecular flexibility index (Phi) is 6.48. The maximum atomic E-state index is 11.0. The molecule has 0 fully saturated rings. The standard InChI is InChI=1S/C16H18N2O2S2/c1-20-16(19)10-11-18-13-4-8-15(9-5-13)22-21-14-6-2-12(17)3-7-14/h2-9,18H,10-11,17H2,1H3. The molecule has 2 rings (SSSR count). The number of carbonyl (C=O) groups is 1. The topological polar surface area (TPSA) is 64.3 Å². The molecule has 22 heavy (non-hydrogen) atoms. The van der Waals surface area contributed by atoms with Gasteiger partial charge in [0.15, 0.2) is 0 Å². The normalized spacial score (nSPS) is 10.2. The fourth-order valence-corrected chi connectivity index (χ4v) is 3.59. The van der Waals surface area contributed by atoms with E-state index in [1.165, 1.54) is 16.9 Å². The SMILES string of the molecule is COC(=O)CCNc1ccc(SSc2ccc(N)cc2)cc1. The molecule has 2 aromatic carbocycles. The first-order chi connectivity index (χ1) is 10.7. The van der Waals surface area contributed by atoms with Crippen LogP contribution in [0.15, 0.2) is 58.3 Å². The lowest BCUT2D eigenvalue weighted by Crippen LogP contribution is -2.09. The molecule has 0 aliphatic heterocycles. The second kappa shape index (κ2) is 8.60. The summed E-state index contributed by atoms with van der Waals surface area (Å²) in [6.45, 7) is 0.569. The fraction of sp³-hybridized carbons (Fsp3) is 0.188. The molecule has 0 heterocycles. The summed E-state index contributed by atoms with van der Waals surface area (Å²) < 4.78 is 4.60. The first-order valence-electron chi connectivity index (χ1n) is 6.78. The van der Waals surface area contributed by atoms with E-state index in [1.807, 2.05) is 36.4 Å². The van der Waals surface area contributed by atoms with Crippen LogP contribution in [0.2, 0.25) is 0 Å². The molecule has 0 aliphatic rings. The highest BCUT2D eigenvalue weighted by molar-refractivity contribution is 8.76. The van der Waals surface area contributed by atoms with Crippen molar-refractivity contribution in [3.63, 3.8) is 0 Å². The number of ether oxygens (including phenoxy) is 1. The predicted molar refractivity (Wildman–Crippen MR) is 94.1 cm³/mol. The molecule has 0 unspecified atom stereocenters. The molecule has 0 spiro atoms. The van der Waals surface area contributed by atoms with Gasteiger partial charge in [-0.1, -0.05) is 21.6 Å². The van der Waals surface area contributed by atoms with Crippen LogP contribution >= 0.6 is 21.6 Å². The summed E-state index contributed by atoms with van der Waals surface area (Å²) in [5.74, 6) is -0.209. The van der Waals surface area contributed by atoms with Crippen molar-refractivity contribution in [1.82, 2.24) is 0 Å². The van der Waals surface area contributed by atoms with Crippen LogP contribution in [0.4, 0.5) is 11.4 Å². The van der Waals surface area contributed by atoms with Crippen molar-refractivity contribution in [2.75, 3.05) is 24.7 Å². The minimum absolute atomic E-state index is 0.209. The van der Waals surface area contributed by atoms with Gasteiger partial charge in [0.05, 0.1) is 13.5 Å². The third kappa shape index (κ3) is 5.54. The molecule has 4 nitrogen and oxygen atoms in total. The largest absolute Gasteiger partial charge is 0.469 e. The molecule has 0 aromatic heterocycles. The van der Waals surface area contributed by atoms with E-state index in [4.69, 9.17) is 5.73 Å². The van der Waals surface area contributed by atoms with Crippen molar-refractivity contribution in [3.8, 4) is 0 Å². The van der Waals surface area contributed by atoms with Gasteiger partial charge in [0.25, 0.3) is 0 Å². The summed E-state index contributed by atoms with van der Waals surface area (Å²) in [5, 5.41) is 3.19. The monoisotopic (exact) mass is 334 g/mol. The van der Waals surface area contributed by atoms with Gasteiger partial charge in [-0.05, 0) is 48.5 Å². The van der Waals surface area contributed by atoms with Gasteiger partial charge in [-0.3, -0.25) is 4.79 Å². The molecule has 0 bridgehead atoms. The highest BCUT2D eigenvalue weighted by atomic mass is 33.1. The Hall–Kier alpha value is -1.79. The first-order valence-corrected chi connectivity index (χ1v) is 8.93. The van der Waals surface area contributed by atoms with E-state index in [2.05, 4.69) is 22.2 Å². The zero-order valence-corrected chi connectivity index (χ0v) is 13.9. The van der Waals surface area contributed by atoms with Crippen molar-refractivity contribution in [2.45, 2.75) is 16.2 Å². The van der Waals surface area contributed by atoms with Crippen LogP contribution < -0.4 is 11.1 Å². The average Bonchev–Trinajstić information content (AvgIpc) is 2.55. The number of esters is 1. The molecule has 0 saturated heterocycles. The second-order valence-electron chi connectivity index (χ2n) is 4.51. The van der Waals surface area contributed by atoms with E-state index < -0.39 is 0 Å². The van der Waals surface area contributed by atoms with Crippen LogP contribution in [0.3, 0.4) is 0 Å². The third-order valence-electron chi connectivity index (χ3n) is 2.85. The van der Waals surface area contributed by atoms with Crippen molar-refractivity contribution in [2.24, 2.45) is 0 Å². The predicted octanol–water partition coefficient (Wildman–Crippen LogP) is 4.04. The first kappa shape index (κ1) is 16.6. The van der Waals surface area contributed by atoms with Gasteiger partial charge in [0.2, 0.25) is 0 Å². The summed E-state index contributed by atoms with van der Waals surface area (Å²) in [7, 11) is 4.78. The Balaban J connectivity index is 1.79. The minimum Gasteiger partial charge on any atom is -0.469 e. The van der Waals surface area contributed by atoms with E-state index in [-0.39, 0.29) is 5.97 Å². The Morgan fingerprint density at radius 3 is 2.14 bits per heavy atom. The fourth-order valence-electron chi connectivity index (χ4n) is 1.66. The Bertz CT molecular complexity index is 601. The highest BCUT2D eigenvalue weighted by Crippen LogP contribution is 2.37. The van der Waals surface area contributed by atoms with Crippen molar-refractivity contribution in [3.05, 3.63) is 48.5 Å². The zero-order valence-electron chi connectivity index (χ0n) is 12.2. The minimum atomic E-state index is -0.209. The lowest BCUT2D eigenvalue weighted by atomic mass is 10.3. The number of benzene rings is 2. The lowest BCUT2D eigenvalue weighted by Gasteiger charge is -2.07. The van der Waals surface area contributed by atoms with E-state index in [9.17, 15) is 4.79 Å². The highest BCUT2D eigenvalue weighted by Gasteiger charge is 2.01. The van der Waals surface area contributed by atoms with Crippen LogP contribution in [0, 0.1) is 0 Å². The molecule has 6 heteroatoms. The van der Waals surface area contributed by atoms with E-state index >= 15 is 0 Å². The van der Waals surface area contributed by atoms with Crippen LogP contribution in [-0.2, 0) is 9.53 Å². The molecular formula is C16H18N2O2S2. The van der Waals surface area contributed by atoms with Gasteiger partial charge in [-0.2, -0.15) is 0 Å². The van der Waals surface area contributed by atoms with Gasteiger partial charge < -0.3 is 15.8 Å². The molecule has 3 N–H and O–H groups in total. The Morgan fingerprint density at radius 2 is 1.59 bits per heavy atom. The molecular weight excluding hydrogens is 316 g/mol. The zero-order chi connectivity index (χ0) is 15.8. The number of hydrogen-bond acceptors (Lipinski definition) is 6. The molecule has 0 aliphatic carbocycles. The van der Waals surface area contributed by atoms with E-state index in [1.54, 1.807) is 21.6 Å². The summed E-state index contributed by atoms with van der Waals surface area (Å²) in [5.41, 5.74) is 7.43. The average molecular weight is 334 g/mol. The van der Waals surface area contributed by atoms with Crippen LogP contribution in [0.1, 0.15) is 6.42 Å². The molecule has 0 atom stereocenters. The summed E-state index contributed by atoms with van der Waals surface area (Å²) in [6, 6.07) is 15.9. The van der Waals surface area contributed by atoms with Gasteiger partial charge in [0.1, 0.15) is 0 Å². The quantitative estimate of drug-likeness (QED) is 0.452. The van der Waals surface area contributed by atoms with Crippen molar-refractivity contribution >= 4 is 38.9 Å². The number of anilines is 2. The number of nitrogen functional groups attached to an aromatic ring is 1. The van der Waals surface area contributed by atoms with Crippen molar-refractivity contribution in [1.29, 1.82) is 0 Å². The maximum absolute atomic E-state index is 11.0. The summed E-state index contributed by atoms with van der Waals surface area (Å²) in [4.78, 5) is 13.4. The lowest BCUT2D eigenvalue weighted by molar-refractivity contribution is -0.140. The summed E-state index contributed by atoms with van der Waals surface area (Å²) in [6.07, 6.45) is 0.361. The smallest absolute Gasteiger partial charge is 0.307 e. The van der Waals surface area contributed by atoms with E-state index in [0.29, 0.717) is 13.0 Å². The van der Waals surface area contributed by atoms with Gasteiger partial charge in [-0.25, -0.2) is 0 Å². The second-order valence-corrected chi connectivity index (χ2v) is 6.79. The number of carbonyl (C=O) groups excluding carboxylic acids is 1. The van der Waals surface area contributed by atoms with Crippen LogP contribution in [0.25, 0.3) is 0 Å². The number of methoxy groups -OCH3 is 1. The number of nitrogens with two attached hydrogens (primary N) is 1. The Labute approximate surface area is 138 Å². The van der Waals surface area contributed by atoms with Crippen molar-refractivity contribution < 1.29 is 9.53 Å². The van der Waals surface area contributed by atoms with Gasteiger partial charge in [-0.15, -0.1) is 0 Å². The number of hydrogen-bond donors (Lipinski definition) is 2. The maximum Gasteiger partial charge on any atom is 0.307 e. The molecule has 2 aromatic rings. The molecule has 116 valence electrons. The molecule has 0 radical (unpaired) electrons. The number of nitrogens with one attached hydrogen (secondary N) is 1. The van der Waals surface area contributed by atoms with Gasteiger partial charge >= 0.3 is 5.97 Å². The van der Waals surface area contributed by atoms with E-state index in [0.717, 1.165) is 11.4 Å².